The van der Waals surface area contributed by atoms with Crippen molar-refractivity contribution in [1.82, 2.24) is 0 Å². The van der Waals surface area contributed by atoms with Gasteiger partial charge in [-0.1, -0.05) is 13.2 Å². The Balaban J connectivity index is 4.34. The molecule has 0 bridgehead atoms. The van der Waals surface area contributed by atoms with Crippen molar-refractivity contribution in [2.45, 2.75) is 13.3 Å². The summed E-state index contributed by atoms with van der Waals surface area (Å²) in [6.07, 6.45) is 4.45. The van der Waals surface area contributed by atoms with E-state index >= 15 is 0 Å². The first-order chi connectivity index (χ1) is 6.24. The monoisotopic (exact) mass is 179 g/mol. The van der Waals surface area contributed by atoms with Crippen LogP contribution >= 0.6 is 0 Å². The molecular weight excluding hydrogens is 160 g/mol. The fourth-order valence-electron chi connectivity index (χ4n) is 1.51. The van der Waals surface area contributed by atoms with Gasteiger partial charge in [0.15, 0.2) is 0 Å². The van der Waals surface area contributed by atoms with Crippen molar-refractivity contribution < 1.29 is 4.48 Å². The molecule has 0 atom stereocenters. The molecule has 0 spiro atoms. The van der Waals surface area contributed by atoms with Crippen LogP contribution in [0.2, 0.25) is 0 Å². The third-order valence-electron chi connectivity index (χ3n) is 2.40. The molecule has 0 N–H and O–H groups in total. The first-order valence-corrected chi connectivity index (χ1v) is 4.68. The summed E-state index contributed by atoms with van der Waals surface area (Å²) in [6, 6.07) is 2.19. The second-order valence-corrected chi connectivity index (χ2v) is 3.23. The molecule has 0 aromatic carbocycles. The summed E-state index contributed by atoms with van der Waals surface area (Å²) < 4.78 is 0.903. The summed E-state index contributed by atoms with van der Waals surface area (Å²) in [5.74, 6) is 0. The number of rotatable bonds is 7. The van der Waals surface area contributed by atoms with Crippen molar-refractivity contribution in [3.8, 4) is 6.07 Å². The number of nitriles is 1. The van der Waals surface area contributed by atoms with E-state index in [0.29, 0.717) is 6.42 Å². The van der Waals surface area contributed by atoms with Crippen LogP contribution in [-0.4, -0.2) is 30.7 Å². The van der Waals surface area contributed by atoms with Crippen LogP contribution in [0, 0.1) is 11.3 Å². The van der Waals surface area contributed by atoms with Crippen LogP contribution in [0.1, 0.15) is 13.3 Å². The van der Waals surface area contributed by atoms with Gasteiger partial charge in [0.1, 0.15) is 0 Å². The molecule has 0 aliphatic heterocycles. The van der Waals surface area contributed by atoms with Gasteiger partial charge < -0.3 is 4.48 Å². The van der Waals surface area contributed by atoms with E-state index in [2.05, 4.69) is 26.2 Å². The number of hydrogen-bond donors (Lipinski definition) is 0. The molecule has 0 heterocycles. The van der Waals surface area contributed by atoms with Gasteiger partial charge in [0, 0.05) is 0 Å². The quantitative estimate of drug-likeness (QED) is 0.434. The zero-order chi connectivity index (χ0) is 10.2. The summed E-state index contributed by atoms with van der Waals surface area (Å²) in [5, 5.41) is 8.55. The van der Waals surface area contributed by atoms with Gasteiger partial charge in [-0.2, -0.15) is 5.26 Å². The molecule has 0 aliphatic carbocycles. The lowest BCUT2D eigenvalue weighted by molar-refractivity contribution is -0.915. The zero-order valence-electron chi connectivity index (χ0n) is 8.50. The fraction of sp³-hybridized carbons (Fsp3) is 0.545. The van der Waals surface area contributed by atoms with E-state index in [9.17, 15) is 0 Å². The van der Waals surface area contributed by atoms with Gasteiger partial charge in [-0.25, -0.2) is 0 Å². The summed E-state index contributed by atoms with van der Waals surface area (Å²) >= 11 is 0. The number of nitrogens with zero attached hydrogens (tertiary/aromatic N) is 2. The van der Waals surface area contributed by atoms with E-state index in [1.165, 1.54) is 0 Å². The molecule has 0 saturated carbocycles. The normalized spacial score (nSPS) is 10.5. The highest BCUT2D eigenvalue weighted by Crippen LogP contribution is 2.08. The maximum atomic E-state index is 8.55. The van der Waals surface area contributed by atoms with E-state index in [0.717, 1.165) is 30.7 Å². The molecule has 0 aromatic rings. The largest absolute Gasteiger partial charge is 0.317 e. The molecule has 13 heavy (non-hydrogen) atoms. The molecule has 0 aromatic heterocycles. The average molecular weight is 179 g/mol. The highest BCUT2D eigenvalue weighted by atomic mass is 15.3. The summed E-state index contributed by atoms with van der Waals surface area (Å²) in [5.41, 5.74) is 0. The average Bonchev–Trinajstić information content (AvgIpc) is 2.15. The minimum Gasteiger partial charge on any atom is -0.317 e. The van der Waals surface area contributed by atoms with Gasteiger partial charge in [-0.3, -0.25) is 0 Å². The Hall–Kier alpha value is -1.07. The third-order valence-corrected chi connectivity index (χ3v) is 2.40. The lowest BCUT2D eigenvalue weighted by Gasteiger charge is -2.35. The van der Waals surface area contributed by atoms with Crippen molar-refractivity contribution in [2.75, 3.05) is 26.2 Å². The Morgan fingerprint density at radius 2 is 1.85 bits per heavy atom. The molecule has 2 nitrogen and oxygen atoms in total. The van der Waals surface area contributed by atoms with E-state index in [1.807, 2.05) is 12.2 Å². The maximum Gasteiger partial charge on any atom is 0.0973 e. The second kappa shape index (κ2) is 6.45. The Morgan fingerprint density at radius 1 is 1.31 bits per heavy atom. The first-order valence-electron chi connectivity index (χ1n) is 4.68. The molecular formula is C11H19N2+. The third kappa shape index (κ3) is 3.91. The molecule has 0 unspecified atom stereocenters. The molecule has 0 aliphatic rings. The Kier molecular flexibility index (Phi) is 5.92. The molecule has 0 amide bonds. The lowest BCUT2D eigenvalue weighted by Crippen LogP contribution is -2.48. The predicted octanol–water partition coefficient (Wildman–Crippen LogP) is 2.11. The van der Waals surface area contributed by atoms with Crippen LogP contribution in [0.4, 0.5) is 0 Å². The molecule has 0 saturated heterocycles. The van der Waals surface area contributed by atoms with E-state index in [4.69, 9.17) is 5.26 Å². The van der Waals surface area contributed by atoms with E-state index in [-0.39, 0.29) is 0 Å². The van der Waals surface area contributed by atoms with Gasteiger partial charge in [0.2, 0.25) is 0 Å². The van der Waals surface area contributed by atoms with Crippen molar-refractivity contribution in [3.05, 3.63) is 25.3 Å². The molecule has 72 valence electrons. The second-order valence-electron chi connectivity index (χ2n) is 3.23. The fourth-order valence-corrected chi connectivity index (χ4v) is 1.51. The van der Waals surface area contributed by atoms with Crippen LogP contribution in [0.5, 0.6) is 0 Å². The SMILES string of the molecule is C=CC[N+](CC)(CC=C)CCC#N. The zero-order valence-corrected chi connectivity index (χ0v) is 8.50. The van der Waals surface area contributed by atoms with Crippen LogP contribution in [-0.2, 0) is 0 Å². The maximum absolute atomic E-state index is 8.55. The highest BCUT2D eigenvalue weighted by Gasteiger charge is 2.20. The lowest BCUT2D eigenvalue weighted by atomic mass is 10.2. The first kappa shape index (κ1) is 11.9. The molecule has 0 rings (SSSR count). The molecule has 2 heteroatoms. The van der Waals surface area contributed by atoms with E-state index < -0.39 is 0 Å². The van der Waals surface area contributed by atoms with Crippen LogP contribution in [0.15, 0.2) is 25.3 Å². The van der Waals surface area contributed by atoms with Crippen LogP contribution in [0.3, 0.4) is 0 Å². The standard InChI is InChI=1S/C11H19N2/c1-4-9-13(6-3,10-5-2)11-7-8-12/h4-5H,1-2,6-7,9-11H2,3H3/q+1. The minimum absolute atomic E-state index is 0.607. The van der Waals surface area contributed by atoms with Gasteiger partial charge in [0.25, 0.3) is 0 Å². The number of likely N-dealkylation sites (N-methyl/N-ethyl adjacent to an activating group) is 1. The number of quaternary nitrogens is 1. The minimum atomic E-state index is 0.607. The van der Waals surface area contributed by atoms with Crippen molar-refractivity contribution in [2.24, 2.45) is 0 Å². The van der Waals surface area contributed by atoms with Crippen LogP contribution in [0.25, 0.3) is 0 Å². The Labute approximate surface area is 81.4 Å². The Morgan fingerprint density at radius 3 is 2.15 bits per heavy atom. The summed E-state index contributed by atoms with van der Waals surface area (Å²) in [6.45, 7) is 13.4. The predicted molar refractivity (Wildman–Crippen MR) is 56.0 cm³/mol. The Bertz CT molecular complexity index is 191. The van der Waals surface area contributed by atoms with Crippen LogP contribution < -0.4 is 0 Å². The highest BCUT2D eigenvalue weighted by molar-refractivity contribution is 4.75. The topological polar surface area (TPSA) is 23.8 Å². The van der Waals surface area contributed by atoms with Crippen molar-refractivity contribution in [3.63, 3.8) is 0 Å². The van der Waals surface area contributed by atoms with Crippen molar-refractivity contribution in [1.29, 1.82) is 5.26 Å². The van der Waals surface area contributed by atoms with Gasteiger partial charge >= 0.3 is 0 Å². The molecule has 0 fully saturated rings. The van der Waals surface area contributed by atoms with Gasteiger partial charge in [-0.15, -0.1) is 0 Å². The number of hydrogen-bond acceptors (Lipinski definition) is 1. The smallest absolute Gasteiger partial charge is 0.0973 e. The van der Waals surface area contributed by atoms with Crippen molar-refractivity contribution >= 4 is 0 Å². The molecule has 0 radical (unpaired) electrons. The van der Waals surface area contributed by atoms with Gasteiger partial charge in [0.05, 0.1) is 38.7 Å². The summed E-state index contributed by atoms with van der Waals surface area (Å²) in [7, 11) is 0. The van der Waals surface area contributed by atoms with E-state index in [1.54, 1.807) is 0 Å². The van der Waals surface area contributed by atoms with Gasteiger partial charge in [-0.05, 0) is 19.1 Å². The summed E-state index contributed by atoms with van der Waals surface area (Å²) in [4.78, 5) is 0.